The molecular formula is C20H30O6. The maximum Gasteiger partial charge on any atom is 0.308 e. The lowest BCUT2D eigenvalue weighted by atomic mass is 9.74. The van der Waals surface area contributed by atoms with Crippen LogP contribution >= 0.6 is 0 Å². The topological polar surface area (TPSA) is 74.2 Å². The van der Waals surface area contributed by atoms with Gasteiger partial charge in [0.25, 0.3) is 0 Å². The van der Waals surface area contributed by atoms with Crippen molar-refractivity contribution in [1.82, 2.24) is 0 Å². The van der Waals surface area contributed by atoms with Gasteiger partial charge in [0.05, 0.1) is 45.6 Å². The van der Waals surface area contributed by atoms with E-state index in [1.54, 1.807) is 7.11 Å². The van der Waals surface area contributed by atoms with Crippen LogP contribution in [0, 0.1) is 5.41 Å². The van der Waals surface area contributed by atoms with Gasteiger partial charge >= 0.3 is 5.97 Å². The van der Waals surface area contributed by atoms with E-state index in [0.717, 1.165) is 11.3 Å². The summed E-state index contributed by atoms with van der Waals surface area (Å²) < 4.78 is 21.7. The first-order valence-corrected chi connectivity index (χ1v) is 8.97. The molecule has 1 aromatic rings. The fourth-order valence-corrected chi connectivity index (χ4v) is 3.09. The number of aliphatic hydroxyl groups excluding tert-OH is 1. The molecule has 6 heteroatoms. The summed E-state index contributed by atoms with van der Waals surface area (Å²) in [6, 6.07) is 7.74. The summed E-state index contributed by atoms with van der Waals surface area (Å²) in [5, 5.41) is 10.5. The van der Waals surface area contributed by atoms with Gasteiger partial charge in [0.2, 0.25) is 0 Å². The van der Waals surface area contributed by atoms with Crippen molar-refractivity contribution in [2.75, 3.05) is 20.8 Å². The summed E-state index contributed by atoms with van der Waals surface area (Å²) in [6.45, 7) is 4.87. The number of esters is 1. The van der Waals surface area contributed by atoms with E-state index in [-0.39, 0.29) is 24.6 Å². The highest BCUT2D eigenvalue weighted by Crippen LogP contribution is 2.38. The number of hydrogen-bond acceptors (Lipinski definition) is 6. The summed E-state index contributed by atoms with van der Waals surface area (Å²) in [5.41, 5.74) is 0.578. The molecule has 0 bridgehead atoms. The molecule has 0 aliphatic carbocycles. The maximum atomic E-state index is 11.6. The van der Waals surface area contributed by atoms with Crippen LogP contribution in [0.25, 0.3) is 0 Å². The van der Waals surface area contributed by atoms with E-state index in [9.17, 15) is 9.90 Å². The molecule has 1 N–H and O–H groups in total. The average molecular weight is 366 g/mol. The molecule has 0 spiro atoms. The highest BCUT2D eigenvalue weighted by molar-refractivity contribution is 5.69. The summed E-state index contributed by atoms with van der Waals surface area (Å²) in [7, 11) is 3.00. The molecule has 26 heavy (non-hydrogen) atoms. The van der Waals surface area contributed by atoms with E-state index in [1.807, 2.05) is 38.1 Å². The van der Waals surface area contributed by atoms with Gasteiger partial charge in [0.15, 0.2) is 0 Å². The van der Waals surface area contributed by atoms with E-state index >= 15 is 0 Å². The summed E-state index contributed by atoms with van der Waals surface area (Å²) in [4.78, 5) is 11.6. The zero-order valence-electron chi connectivity index (χ0n) is 16.1. The summed E-state index contributed by atoms with van der Waals surface area (Å²) >= 11 is 0. The average Bonchev–Trinajstić information content (AvgIpc) is 2.63. The summed E-state index contributed by atoms with van der Waals surface area (Å²) in [6.07, 6.45) is 0.313. The Balaban J connectivity index is 1.80. The lowest BCUT2D eigenvalue weighted by Gasteiger charge is -2.45. The third kappa shape index (κ3) is 5.43. The van der Waals surface area contributed by atoms with Gasteiger partial charge < -0.3 is 24.1 Å². The normalized spacial score (nSPS) is 24.9. The maximum absolute atomic E-state index is 11.6. The second-order valence-corrected chi connectivity index (χ2v) is 7.29. The second kappa shape index (κ2) is 9.35. The minimum Gasteiger partial charge on any atom is -0.497 e. The number of aliphatic hydroxyl groups is 1. The Bertz CT molecular complexity index is 568. The third-order valence-corrected chi connectivity index (χ3v) is 5.12. The summed E-state index contributed by atoms with van der Waals surface area (Å²) in [5.74, 6) is 0.490. The van der Waals surface area contributed by atoms with Crippen LogP contribution in [0.5, 0.6) is 5.75 Å². The van der Waals surface area contributed by atoms with Crippen molar-refractivity contribution in [2.45, 2.75) is 58.0 Å². The predicted octanol–water partition coefficient (Wildman–Crippen LogP) is 2.71. The molecular weight excluding hydrogens is 336 g/mol. The minimum absolute atomic E-state index is 0.136. The van der Waals surface area contributed by atoms with Gasteiger partial charge in [0, 0.05) is 18.4 Å². The SMILES string of the molecule is COC(=O)C[C@@H]1O[C@H](CCOCc2ccc(OC)cc2)C[C@H](O)C1(C)C. The monoisotopic (exact) mass is 366 g/mol. The molecule has 1 aliphatic heterocycles. The van der Waals surface area contributed by atoms with Gasteiger partial charge in [-0.3, -0.25) is 4.79 Å². The van der Waals surface area contributed by atoms with Crippen LogP contribution in [0.1, 0.15) is 38.7 Å². The number of rotatable bonds is 8. The van der Waals surface area contributed by atoms with Crippen molar-refractivity contribution in [2.24, 2.45) is 5.41 Å². The van der Waals surface area contributed by atoms with Crippen LogP contribution in [-0.2, 0) is 25.6 Å². The van der Waals surface area contributed by atoms with E-state index in [1.165, 1.54) is 7.11 Å². The molecule has 1 fully saturated rings. The molecule has 1 aliphatic rings. The number of benzene rings is 1. The molecule has 0 radical (unpaired) electrons. The number of ether oxygens (including phenoxy) is 4. The largest absolute Gasteiger partial charge is 0.497 e. The third-order valence-electron chi connectivity index (χ3n) is 5.12. The smallest absolute Gasteiger partial charge is 0.308 e. The second-order valence-electron chi connectivity index (χ2n) is 7.29. The van der Waals surface area contributed by atoms with Gasteiger partial charge in [-0.15, -0.1) is 0 Å². The number of carbonyl (C=O) groups excluding carboxylic acids is 1. The quantitative estimate of drug-likeness (QED) is 0.563. The Hall–Kier alpha value is -1.63. The molecule has 0 amide bonds. The minimum atomic E-state index is -0.530. The van der Waals surface area contributed by atoms with Crippen LogP contribution in [-0.4, -0.2) is 50.2 Å². The van der Waals surface area contributed by atoms with Crippen molar-refractivity contribution in [3.8, 4) is 5.75 Å². The fraction of sp³-hybridized carbons (Fsp3) is 0.650. The number of carbonyl (C=O) groups is 1. The Labute approximate surface area is 155 Å². The first-order chi connectivity index (χ1) is 12.4. The highest BCUT2D eigenvalue weighted by Gasteiger charge is 2.44. The number of methoxy groups -OCH3 is 2. The molecule has 1 heterocycles. The Kier molecular flexibility index (Phi) is 7.43. The molecule has 2 rings (SSSR count). The van der Waals surface area contributed by atoms with Crippen LogP contribution < -0.4 is 4.74 Å². The zero-order chi connectivity index (χ0) is 19.2. The van der Waals surface area contributed by atoms with Gasteiger partial charge in [-0.1, -0.05) is 26.0 Å². The van der Waals surface area contributed by atoms with Crippen LogP contribution in [0.15, 0.2) is 24.3 Å². The Morgan fingerprint density at radius 1 is 1.27 bits per heavy atom. The lowest BCUT2D eigenvalue weighted by molar-refractivity contribution is -0.187. The van der Waals surface area contributed by atoms with Gasteiger partial charge in [-0.25, -0.2) is 0 Å². The Morgan fingerprint density at radius 3 is 2.58 bits per heavy atom. The van der Waals surface area contributed by atoms with E-state index in [2.05, 4.69) is 0 Å². The van der Waals surface area contributed by atoms with Crippen LogP contribution in [0.4, 0.5) is 0 Å². The molecule has 1 saturated heterocycles. The first-order valence-electron chi connectivity index (χ1n) is 8.97. The molecule has 6 nitrogen and oxygen atoms in total. The first kappa shape index (κ1) is 20.7. The van der Waals surface area contributed by atoms with Crippen molar-refractivity contribution in [3.05, 3.63) is 29.8 Å². The van der Waals surface area contributed by atoms with Crippen molar-refractivity contribution in [1.29, 1.82) is 0 Å². The number of hydrogen-bond donors (Lipinski definition) is 1. The predicted molar refractivity (Wildman–Crippen MR) is 97.0 cm³/mol. The molecule has 146 valence electrons. The molecule has 3 atom stereocenters. The van der Waals surface area contributed by atoms with E-state index in [0.29, 0.717) is 26.1 Å². The van der Waals surface area contributed by atoms with Gasteiger partial charge in [-0.2, -0.15) is 0 Å². The molecule has 1 aromatic carbocycles. The molecule has 0 aromatic heterocycles. The van der Waals surface area contributed by atoms with Crippen LogP contribution in [0.2, 0.25) is 0 Å². The Morgan fingerprint density at radius 2 is 1.96 bits per heavy atom. The van der Waals surface area contributed by atoms with Gasteiger partial charge in [-0.05, 0) is 24.1 Å². The fourth-order valence-electron chi connectivity index (χ4n) is 3.09. The van der Waals surface area contributed by atoms with E-state index in [4.69, 9.17) is 18.9 Å². The molecule has 0 unspecified atom stereocenters. The highest BCUT2D eigenvalue weighted by atomic mass is 16.5. The van der Waals surface area contributed by atoms with Crippen molar-refractivity contribution < 1.29 is 28.8 Å². The zero-order valence-corrected chi connectivity index (χ0v) is 16.1. The lowest BCUT2D eigenvalue weighted by Crippen LogP contribution is -2.51. The van der Waals surface area contributed by atoms with Crippen molar-refractivity contribution in [3.63, 3.8) is 0 Å². The van der Waals surface area contributed by atoms with Crippen LogP contribution in [0.3, 0.4) is 0 Å². The standard InChI is InChI=1S/C20H30O6/c1-20(2)17(21)11-16(26-18(20)12-19(22)24-4)9-10-25-13-14-5-7-15(23-3)8-6-14/h5-8,16-18,21H,9-13H2,1-4H3/t16-,17+,18+/m1/s1. The van der Waals surface area contributed by atoms with Crippen molar-refractivity contribution >= 4 is 5.97 Å². The molecule has 0 saturated carbocycles. The van der Waals surface area contributed by atoms with Gasteiger partial charge in [0.1, 0.15) is 5.75 Å². The van der Waals surface area contributed by atoms with E-state index < -0.39 is 11.5 Å².